The molecule has 0 bridgehead atoms. The van der Waals surface area contributed by atoms with Crippen molar-refractivity contribution in [2.75, 3.05) is 0 Å². The van der Waals surface area contributed by atoms with Crippen LogP contribution in [0.5, 0.6) is 0 Å². The summed E-state index contributed by atoms with van der Waals surface area (Å²) in [5.41, 5.74) is 0.329. The number of pyridine rings is 2. The summed E-state index contributed by atoms with van der Waals surface area (Å²) in [5.74, 6) is -1.28. The molecule has 0 unspecified atom stereocenters. The summed E-state index contributed by atoms with van der Waals surface area (Å²) < 4.78 is 0. The Bertz CT molecular complexity index is 468. The van der Waals surface area contributed by atoms with Gasteiger partial charge in [-0.05, 0) is 24.3 Å². The van der Waals surface area contributed by atoms with Gasteiger partial charge in [0.25, 0.3) is 0 Å². The van der Waals surface area contributed by atoms with Gasteiger partial charge in [0.1, 0.15) is 0 Å². The maximum atomic E-state index is 10.4. The smallest absolute Gasteiger partial charge is 0.240 e. The lowest BCUT2D eigenvalue weighted by Gasteiger charge is -1.95. The van der Waals surface area contributed by atoms with Gasteiger partial charge >= 0.3 is 5.97 Å². The van der Waals surface area contributed by atoms with Crippen LogP contribution in [0.2, 0.25) is 0 Å². The summed E-state index contributed by atoms with van der Waals surface area (Å²) in [6.45, 7) is 0. The average molecular weight is 173 g/mol. The van der Waals surface area contributed by atoms with E-state index in [1.54, 1.807) is 18.3 Å². The van der Waals surface area contributed by atoms with E-state index < -0.39 is 5.97 Å². The number of nitrogens with zero attached hydrogens (tertiary/aromatic N) is 2. The fourth-order valence-corrected chi connectivity index (χ4v) is 1.07. The Balaban J connectivity index is 2.69. The van der Waals surface area contributed by atoms with Crippen LogP contribution >= 0.6 is 0 Å². The van der Waals surface area contributed by atoms with E-state index in [-0.39, 0.29) is 5.69 Å². The second-order valence-corrected chi connectivity index (χ2v) is 2.53. The highest BCUT2D eigenvalue weighted by Crippen LogP contribution is 2.08. The van der Waals surface area contributed by atoms with Gasteiger partial charge in [0.05, 0.1) is 0 Å². The van der Waals surface area contributed by atoms with E-state index in [0.29, 0.717) is 5.65 Å². The first-order chi connectivity index (χ1) is 6.27. The molecule has 4 nitrogen and oxygen atoms in total. The molecule has 0 aliphatic heterocycles. The van der Waals surface area contributed by atoms with Crippen LogP contribution in [0.1, 0.15) is 10.5 Å². The van der Waals surface area contributed by atoms with Gasteiger partial charge in [-0.25, -0.2) is 19.9 Å². The quantitative estimate of drug-likeness (QED) is 0.650. The maximum absolute atomic E-state index is 10.4. The van der Waals surface area contributed by atoms with E-state index in [1.807, 2.05) is 6.07 Å². The fourth-order valence-electron chi connectivity index (χ4n) is 1.07. The first-order valence-electron chi connectivity index (χ1n) is 3.70. The summed E-state index contributed by atoms with van der Waals surface area (Å²) in [5, 5.41) is 11.3. The minimum absolute atomic E-state index is 0.0915. The largest absolute Gasteiger partial charge is 0.404 e. The van der Waals surface area contributed by atoms with Crippen LogP contribution in [0.15, 0.2) is 30.5 Å². The average Bonchev–Trinajstić information content (AvgIpc) is 2.17. The van der Waals surface area contributed by atoms with Crippen LogP contribution in [-0.4, -0.2) is 15.9 Å². The van der Waals surface area contributed by atoms with Crippen LogP contribution in [0, 0.1) is 0 Å². The van der Waals surface area contributed by atoms with Crippen LogP contribution in [-0.2, 0) is 5.11 Å². The van der Waals surface area contributed by atoms with Crippen molar-refractivity contribution in [2.45, 2.75) is 0 Å². The molecule has 13 heavy (non-hydrogen) atoms. The Morgan fingerprint density at radius 2 is 2.08 bits per heavy atom. The number of carbonyl (C=O) groups excluding carboxylic acids is 1. The molecule has 2 aromatic rings. The van der Waals surface area contributed by atoms with E-state index in [9.17, 15) is 9.90 Å². The molecule has 0 saturated carbocycles. The van der Waals surface area contributed by atoms with E-state index in [4.69, 9.17) is 0 Å². The molecule has 1 radical (unpaired) electrons. The molecular weight excluding hydrogens is 168 g/mol. The first kappa shape index (κ1) is 7.67. The second-order valence-electron chi connectivity index (χ2n) is 2.53. The summed E-state index contributed by atoms with van der Waals surface area (Å²) in [7, 11) is 0. The van der Waals surface area contributed by atoms with Gasteiger partial charge in [0.2, 0.25) is 0 Å². The maximum Gasteiger partial charge on any atom is 0.404 e. The number of aromatic nitrogens is 2. The molecule has 4 heteroatoms. The van der Waals surface area contributed by atoms with Gasteiger partial charge in [0, 0.05) is 11.6 Å². The molecule has 0 N–H and O–H groups in total. The van der Waals surface area contributed by atoms with Crippen molar-refractivity contribution in [2.24, 2.45) is 0 Å². The molecule has 0 fully saturated rings. The minimum atomic E-state index is -1.28. The molecule has 0 aliphatic rings. The van der Waals surface area contributed by atoms with Crippen molar-refractivity contribution in [1.82, 2.24) is 9.97 Å². The summed E-state index contributed by atoms with van der Waals surface area (Å²) in [6.07, 6.45) is 1.56. The number of carbonyl (C=O) groups is 1. The Morgan fingerprint density at radius 1 is 1.23 bits per heavy atom. The predicted molar refractivity (Wildman–Crippen MR) is 44.6 cm³/mol. The first-order valence-corrected chi connectivity index (χ1v) is 3.70. The number of hydrogen-bond acceptors (Lipinski definition) is 3. The number of rotatable bonds is 1. The lowest BCUT2D eigenvalue weighted by Crippen LogP contribution is -1.98. The van der Waals surface area contributed by atoms with Crippen molar-refractivity contribution >= 4 is 17.0 Å². The van der Waals surface area contributed by atoms with E-state index in [1.165, 1.54) is 6.07 Å². The Morgan fingerprint density at radius 3 is 2.85 bits per heavy atom. The second kappa shape index (κ2) is 2.82. The predicted octanol–water partition coefficient (Wildman–Crippen LogP) is 1.20. The van der Waals surface area contributed by atoms with E-state index in [2.05, 4.69) is 9.97 Å². The highest BCUT2D eigenvalue weighted by molar-refractivity contribution is 5.88. The Labute approximate surface area is 73.9 Å². The molecule has 0 aromatic carbocycles. The molecular formula is C9H5N2O2. The molecule has 0 atom stereocenters. The summed E-state index contributed by atoms with van der Waals surface area (Å²) >= 11 is 0. The van der Waals surface area contributed by atoms with Crippen molar-refractivity contribution in [3.8, 4) is 0 Å². The van der Waals surface area contributed by atoms with Gasteiger partial charge < -0.3 is 0 Å². The third kappa shape index (κ3) is 1.33. The lowest BCUT2D eigenvalue weighted by atomic mass is 10.2. The van der Waals surface area contributed by atoms with Crippen LogP contribution in [0.25, 0.3) is 11.0 Å². The topological polar surface area (TPSA) is 62.8 Å². The highest BCUT2D eigenvalue weighted by atomic mass is 16.4. The SMILES string of the molecule is [O]C(=O)c1ccc2cccnc2n1. The summed E-state index contributed by atoms with van der Waals surface area (Å²) in [6, 6.07) is 6.64. The molecule has 0 spiro atoms. The van der Waals surface area contributed by atoms with Gasteiger partial charge in [0.15, 0.2) is 11.3 Å². The normalized spacial score (nSPS) is 10.2. The zero-order valence-corrected chi connectivity index (χ0v) is 6.60. The number of hydrogen-bond donors (Lipinski definition) is 0. The van der Waals surface area contributed by atoms with Crippen molar-refractivity contribution in [1.29, 1.82) is 0 Å². The van der Waals surface area contributed by atoms with Crippen molar-refractivity contribution in [3.05, 3.63) is 36.2 Å². The van der Waals surface area contributed by atoms with Crippen LogP contribution < -0.4 is 0 Å². The third-order valence-electron chi connectivity index (χ3n) is 1.67. The minimum Gasteiger partial charge on any atom is -0.240 e. The van der Waals surface area contributed by atoms with Crippen LogP contribution in [0.3, 0.4) is 0 Å². The van der Waals surface area contributed by atoms with Gasteiger partial charge in [-0.2, -0.15) is 0 Å². The van der Waals surface area contributed by atoms with Gasteiger partial charge in [-0.1, -0.05) is 0 Å². The lowest BCUT2D eigenvalue weighted by molar-refractivity contribution is 0.0566. The highest BCUT2D eigenvalue weighted by Gasteiger charge is 2.07. The number of fused-ring (bicyclic) bond motifs is 1. The van der Waals surface area contributed by atoms with Gasteiger partial charge in [-0.15, -0.1) is 0 Å². The molecule has 0 saturated heterocycles. The van der Waals surface area contributed by atoms with E-state index in [0.717, 1.165) is 5.39 Å². The molecule has 0 amide bonds. The fraction of sp³-hybridized carbons (Fsp3) is 0. The Kier molecular flexibility index (Phi) is 1.66. The van der Waals surface area contributed by atoms with Crippen LogP contribution in [0.4, 0.5) is 0 Å². The zero-order chi connectivity index (χ0) is 9.26. The molecule has 63 valence electrons. The molecule has 0 aliphatic carbocycles. The van der Waals surface area contributed by atoms with Crippen molar-refractivity contribution in [3.63, 3.8) is 0 Å². The Hall–Kier alpha value is -1.97. The summed E-state index contributed by atoms with van der Waals surface area (Å²) in [4.78, 5) is 18.2. The van der Waals surface area contributed by atoms with Crippen molar-refractivity contribution < 1.29 is 9.90 Å². The molecule has 2 aromatic heterocycles. The standard InChI is InChI=1S/C9H5N2O2/c12-9(13)7-4-3-6-2-1-5-10-8(6)11-7/h1-5H. The van der Waals surface area contributed by atoms with Gasteiger partial charge in [-0.3, -0.25) is 0 Å². The third-order valence-corrected chi connectivity index (χ3v) is 1.67. The molecule has 2 rings (SSSR count). The molecule has 2 heterocycles. The zero-order valence-electron chi connectivity index (χ0n) is 6.60. The monoisotopic (exact) mass is 173 g/mol. The van der Waals surface area contributed by atoms with E-state index >= 15 is 0 Å².